The second-order valence-electron chi connectivity index (χ2n) is 4.82. The fraction of sp³-hybridized carbons (Fsp3) is 0.118. The zero-order valence-electron chi connectivity index (χ0n) is 13.0. The number of esters is 2. The standard InChI is InChI=1S/C17H13BrFNO5/c1-24-16(22)10-2-5-12(6-3-10)20-15(21)9-25-17(23)13-8-11(19)4-7-14(13)18/h2-8H,9H2,1H3,(H,20,21). The number of halogens is 2. The predicted molar refractivity (Wildman–Crippen MR) is 90.8 cm³/mol. The third kappa shape index (κ3) is 5.12. The molecule has 0 aliphatic heterocycles. The molecule has 0 saturated heterocycles. The van der Waals surface area contributed by atoms with Crippen LogP contribution in [0, 0.1) is 5.82 Å². The van der Waals surface area contributed by atoms with Crippen LogP contribution >= 0.6 is 15.9 Å². The number of benzene rings is 2. The normalized spacial score (nSPS) is 10.0. The van der Waals surface area contributed by atoms with Gasteiger partial charge in [-0.15, -0.1) is 0 Å². The van der Waals surface area contributed by atoms with Crippen molar-refractivity contribution in [1.29, 1.82) is 0 Å². The van der Waals surface area contributed by atoms with E-state index >= 15 is 0 Å². The van der Waals surface area contributed by atoms with Gasteiger partial charge in [0, 0.05) is 10.2 Å². The second kappa shape index (κ2) is 8.39. The molecule has 2 aromatic carbocycles. The first kappa shape index (κ1) is 18.6. The van der Waals surface area contributed by atoms with Gasteiger partial charge in [-0.3, -0.25) is 4.79 Å². The molecule has 0 bridgehead atoms. The van der Waals surface area contributed by atoms with Gasteiger partial charge in [-0.05, 0) is 58.4 Å². The van der Waals surface area contributed by atoms with E-state index in [4.69, 9.17) is 4.74 Å². The Morgan fingerprint density at radius 3 is 2.40 bits per heavy atom. The Morgan fingerprint density at radius 2 is 1.76 bits per heavy atom. The highest BCUT2D eigenvalue weighted by Gasteiger charge is 2.15. The lowest BCUT2D eigenvalue weighted by atomic mass is 10.2. The summed E-state index contributed by atoms with van der Waals surface area (Å²) in [5, 5.41) is 2.50. The van der Waals surface area contributed by atoms with E-state index < -0.39 is 30.3 Å². The molecule has 1 N–H and O–H groups in total. The molecule has 6 nitrogen and oxygen atoms in total. The maximum atomic E-state index is 13.2. The maximum absolute atomic E-state index is 13.2. The molecule has 0 aliphatic carbocycles. The van der Waals surface area contributed by atoms with Gasteiger partial charge < -0.3 is 14.8 Å². The highest BCUT2D eigenvalue weighted by molar-refractivity contribution is 9.10. The Labute approximate surface area is 151 Å². The van der Waals surface area contributed by atoms with E-state index in [1.54, 1.807) is 0 Å². The van der Waals surface area contributed by atoms with E-state index in [0.29, 0.717) is 15.7 Å². The lowest BCUT2D eigenvalue weighted by Gasteiger charge is -2.08. The van der Waals surface area contributed by atoms with Crippen LogP contribution < -0.4 is 5.32 Å². The molecule has 130 valence electrons. The molecule has 8 heteroatoms. The zero-order chi connectivity index (χ0) is 18.4. The van der Waals surface area contributed by atoms with E-state index in [2.05, 4.69) is 26.0 Å². The summed E-state index contributed by atoms with van der Waals surface area (Å²) < 4.78 is 23.0. The number of anilines is 1. The summed E-state index contributed by atoms with van der Waals surface area (Å²) in [6.07, 6.45) is 0. The van der Waals surface area contributed by atoms with Crippen molar-refractivity contribution in [3.8, 4) is 0 Å². The van der Waals surface area contributed by atoms with Gasteiger partial charge in [-0.1, -0.05) is 0 Å². The number of amides is 1. The van der Waals surface area contributed by atoms with Crippen molar-refractivity contribution < 1.29 is 28.2 Å². The summed E-state index contributed by atoms with van der Waals surface area (Å²) in [6, 6.07) is 9.55. The second-order valence-corrected chi connectivity index (χ2v) is 5.67. The first-order valence-electron chi connectivity index (χ1n) is 7.01. The molecule has 2 aromatic rings. The van der Waals surface area contributed by atoms with Gasteiger partial charge in [-0.25, -0.2) is 14.0 Å². The van der Waals surface area contributed by atoms with Crippen LogP contribution in [0.2, 0.25) is 0 Å². The molecular formula is C17H13BrFNO5. The summed E-state index contributed by atoms with van der Waals surface area (Å²) in [4.78, 5) is 35.0. The highest BCUT2D eigenvalue weighted by Crippen LogP contribution is 2.18. The van der Waals surface area contributed by atoms with E-state index in [0.717, 1.165) is 6.07 Å². The van der Waals surface area contributed by atoms with Crippen LogP contribution in [0.5, 0.6) is 0 Å². The van der Waals surface area contributed by atoms with E-state index in [-0.39, 0.29) is 5.56 Å². The summed E-state index contributed by atoms with van der Waals surface area (Å²) in [6.45, 7) is -0.541. The number of carbonyl (C=O) groups excluding carboxylic acids is 3. The van der Waals surface area contributed by atoms with Crippen LogP contribution in [0.25, 0.3) is 0 Å². The van der Waals surface area contributed by atoms with Gasteiger partial charge in [0.2, 0.25) is 0 Å². The van der Waals surface area contributed by atoms with Crippen molar-refractivity contribution in [1.82, 2.24) is 0 Å². The number of rotatable bonds is 5. The summed E-state index contributed by atoms with van der Waals surface area (Å²) in [7, 11) is 1.27. The minimum Gasteiger partial charge on any atom is -0.465 e. The average molecular weight is 410 g/mol. The molecule has 0 aromatic heterocycles. The van der Waals surface area contributed by atoms with Gasteiger partial charge in [0.25, 0.3) is 5.91 Å². The minimum atomic E-state index is -0.831. The topological polar surface area (TPSA) is 81.7 Å². The van der Waals surface area contributed by atoms with Gasteiger partial charge in [0.1, 0.15) is 5.82 Å². The lowest BCUT2D eigenvalue weighted by molar-refractivity contribution is -0.119. The summed E-state index contributed by atoms with van der Waals surface area (Å²) in [5.41, 5.74) is 0.735. The van der Waals surface area contributed by atoms with E-state index in [1.165, 1.54) is 43.5 Å². The molecule has 0 radical (unpaired) electrons. The summed E-state index contributed by atoms with van der Waals surface area (Å²) >= 11 is 3.11. The van der Waals surface area contributed by atoms with Crippen LogP contribution in [0.15, 0.2) is 46.9 Å². The highest BCUT2D eigenvalue weighted by atomic mass is 79.9. The van der Waals surface area contributed by atoms with Crippen molar-refractivity contribution >= 4 is 39.5 Å². The maximum Gasteiger partial charge on any atom is 0.339 e. The van der Waals surface area contributed by atoms with Crippen molar-refractivity contribution in [2.75, 3.05) is 19.0 Å². The van der Waals surface area contributed by atoms with E-state index in [1.807, 2.05) is 0 Å². The summed E-state index contributed by atoms with van der Waals surface area (Å²) in [5.74, 6) is -2.49. The van der Waals surface area contributed by atoms with Crippen LogP contribution in [0.4, 0.5) is 10.1 Å². The number of ether oxygens (including phenoxy) is 2. The smallest absolute Gasteiger partial charge is 0.339 e. The Kier molecular flexibility index (Phi) is 6.24. The van der Waals surface area contributed by atoms with Gasteiger partial charge in [-0.2, -0.15) is 0 Å². The van der Waals surface area contributed by atoms with Crippen LogP contribution in [-0.2, 0) is 14.3 Å². The molecule has 0 atom stereocenters. The SMILES string of the molecule is COC(=O)c1ccc(NC(=O)COC(=O)c2cc(F)ccc2Br)cc1. The molecule has 2 rings (SSSR count). The number of hydrogen-bond acceptors (Lipinski definition) is 5. The van der Waals surface area contributed by atoms with Crippen LogP contribution in [0.1, 0.15) is 20.7 Å². The van der Waals surface area contributed by atoms with Crippen LogP contribution in [-0.4, -0.2) is 31.6 Å². The largest absolute Gasteiger partial charge is 0.465 e. The zero-order valence-corrected chi connectivity index (χ0v) is 14.6. The van der Waals surface area contributed by atoms with Crippen molar-refractivity contribution in [2.24, 2.45) is 0 Å². The fourth-order valence-corrected chi connectivity index (χ4v) is 2.28. The number of carbonyl (C=O) groups is 3. The Morgan fingerprint density at radius 1 is 1.08 bits per heavy atom. The quantitative estimate of drug-likeness (QED) is 0.766. The monoisotopic (exact) mass is 409 g/mol. The Balaban J connectivity index is 1.91. The van der Waals surface area contributed by atoms with Crippen LogP contribution in [0.3, 0.4) is 0 Å². The predicted octanol–water partition coefficient (Wildman–Crippen LogP) is 3.17. The molecular weight excluding hydrogens is 397 g/mol. The molecule has 25 heavy (non-hydrogen) atoms. The number of methoxy groups -OCH3 is 1. The third-order valence-corrected chi connectivity index (χ3v) is 3.76. The molecule has 0 aliphatic rings. The average Bonchev–Trinajstić information content (AvgIpc) is 2.61. The van der Waals surface area contributed by atoms with Crippen molar-refractivity contribution in [3.05, 3.63) is 63.9 Å². The molecule has 0 spiro atoms. The Hall–Kier alpha value is -2.74. The number of nitrogens with one attached hydrogen (secondary N) is 1. The lowest BCUT2D eigenvalue weighted by Crippen LogP contribution is -2.21. The molecule has 0 fully saturated rings. The first-order chi connectivity index (χ1) is 11.9. The van der Waals surface area contributed by atoms with Gasteiger partial charge >= 0.3 is 11.9 Å². The first-order valence-corrected chi connectivity index (χ1v) is 7.80. The molecule has 0 unspecified atom stereocenters. The third-order valence-electron chi connectivity index (χ3n) is 3.07. The molecule has 1 amide bonds. The molecule has 0 heterocycles. The molecule has 0 saturated carbocycles. The van der Waals surface area contributed by atoms with Crippen molar-refractivity contribution in [2.45, 2.75) is 0 Å². The van der Waals surface area contributed by atoms with Gasteiger partial charge in [0.05, 0.1) is 18.2 Å². The number of hydrogen-bond donors (Lipinski definition) is 1. The van der Waals surface area contributed by atoms with E-state index in [9.17, 15) is 18.8 Å². The van der Waals surface area contributed by atoms with Gasteiger partial charge in [0.15, 0.2) is 6.61 Å². The fourth-order valence-electron chi connectivity index (χ4n) is 1.87. The van der Waals surface area contributed by atoms with Crippen molar-refractivity contribution in [3.63, 3.8) is 0 Å². The minimum absolute atomic E-state index is 0.0183. The Bertz CT molecular complexity index is 807.